The van der Waals surface area contributed by atoms with Gasteiger partial charge in [0, 0.05) is 16.4 Å². The molecule has 4 heteroatoms. The quantitative estimate of drug-likeness (QED) is 0.853. The Bertz CT molecular complexity index is 450. The van der Waals surface area contributed by atoms with Crippen molar-refractivity contribution < 1.29 is 0 Å². The van der Waals surface area contributed by atoms with E-state index < -0.39 is 0 Å². The van der Waals surface area contributed by atoms with E-state index in [9.17, 15) is 0 Å². The zero-order valence-electron chi connectivity index (χ0n) is 7.17. The second-order valence-electron chi connectivity index (χ2n) is 2.88. The molecule has 1 aromatic carbocycles. The Morgan fingerprint density at radius 2 is 2.31 bits per heavy atom. The molecule has 0 amide bonds. The van der Waals surface area contributed by atoms with Crippen LogP contribution in [0.3, 0.4) is 0 Å². The largest absolute Gasteiger partial charge is 0.325 e. The van der Waals surface area contributed by atoms with Crippen molar-refractivity contribution in [2.24, 2.45) is 5.73 Å². The van der Waals surface area contributed by atoms with Crippen LogP contribution in [-0.2, 0) is 6.54 Å². The third kappa shape index (κ3) is 1.39. The highest BCUT2D eigenvalue weighted by Crippen LogP contribution is 2.30. The number of hydrogen-bond donors (Lipinski definition) is 1. The fourth-order valence-electron chi connectivity index (χ4n) is 1.39. The van der Waals surface area contributed by atoms with E-state index in [0.717, 1.165) is 10.2 Å². The second-order valence-corrected chi connectivity index (χ2v) is 4.54. The average Bonchev–Trinajstić information content (AvgIpc) is 2.55. The van der Waals surface area contributed by atoms with Gasteiger partial charge in [0.1, 0.15) is 0 Å². The molecule has 0 radical (unpaired) electrons. The zero-order valence-corrected chi connectivity index (χ0v) is 9.58. The normalized spacial score (nSPS) is 11.0. The number of rotatable bonds is 1. The molecule has 68 valence electrons. The van der Waals surface area contributed by atoms with Gasteiger partial charge in [0.15, 0.2) is 0 Å². The molecule has 0 unspecified atom stereocenters. The lowest BCUT2D eigenvalue weighted by Gasteiger charge is -2.00. The maximum Gasteiger partial charge on any atom is 0.0759 e. The molecule has 0 saturated carbocycles. The molecule has 0 saturated heterocycles. The Morgan fingerprint density at radius 3 is 3.00 bits per heavy atom. The van der Waals surface area contributed by atoms with Gasteiger partial charge in [-0.3, -0.25) is 0 Å². The highest BCUT2D eigenvalue weighted by Gasteiger charge is 2.08. The van der Waals surface area contributed by atoms with E-state index in [-0.39, 0.29) is 0 Å². The molecule has 2 aromatic rings. The van der Waals surface area contributed by atoms with Crippen molar-refractivity contribution in [3.8, 4) is 0 Å². The molecular weight excluding hydrogens is 248 g/mol. The van der Waals surface area contributed by atoms with Crippen LogP contribution in [0.5, 0.6) is 0 Å². The molecule has 2 rings (SSSR count). The first-order valence-corrected chi connectivity index (χ1v) is 5.54. The fraction of sp³-hybridized carbons (Fsp3) is 0.222. The van der Waals surface area contributed by atoms with Gasteiger partial charge in [-0.1, -0.05) is 15.9 Å². The maximum absolute atomic E-state index is 5.61. The van der Waals surface area contributed by atoms with Crippen molar-refractivity contribution in [3.05, 3.63) is 27.9 Å². The summed E-state index contributed by atoms with van der Waals surface area (Å²) >= 11 is 5.01. The van der Waals surface area contributed by atoms with Gasteiger partial charge < -0.3 is 5.73 Å². The van der Waals surface area contributed by atoms with Crippen LogP contribution in [-0.4, -0.2) is 4.37 Å². The summed E-state index contributed by atoms with van der Waals surface area (Å²) in [7, 11) is 0. The van der Waals surface area contributed by atoms with Crippen LogP contribution in [0.25, 0.3) is 10.1 Å². The Morgan fingerprint density at radius 1 is 1.54 bits per heavy atom. The van der Waals surface area contributed by atoms with Crippen molar-refractivity contribution in [1.82, 2.24) is 4.37 Å². The van der Waals surface area contributed by atoms with Crippen molar-refractivity contribution in [2.75, 3.05) is 0 Å². The van der Waals surface area contributed by atoms with E-state index in [1.54, 1.807) is 0 Å². The molecule has 13 heavy (non-hydrogen) atoms. The maximum atomic E-state index is 5.61. The number of hydrogen-bond acceptors (Lipinski definition) is 3. The first-order chi connectivity index (χ1) is 6.24. The SMILES string of the molecule is Cc1c(Br)ccc2snc(CN)c12. The molecule has 2 N–H and O–H groups in total. The summed E-state index contributed by atoms with van der Waals surface area (Å²) in [5.74, 6) is 0. The lowest BCUT2D eigenvalue weighted by atomic mass is 10.1. The van der Waals surface area contributed by atoms with Crippen molar-refractivity contribution >= 4 is 37.5 Å². The van der Waals surface area contributed by atoms with Crippen LogP contribution < -0.4 is 5.73 Å². The molecule has 0 aliphatic heterocycles. The Labute approximate surface area is 89.1 Å². The standard InChI is InChI=1S/C9H9BrN2S/c1-5-6(10)2-3-8-9(5)7(4-11)12-13-8/h2-3H,4,11H2,1H3. The minimum Gasteiger partial charge on any atom is -0.325 e. The van der Waals surface area contributed by atoms with Gasteiger partial charge in [-0.15, -0.1) is 0 Å². The minimum absolute atomic E-state index is 0.511. The fourth-order valence-corrected chi connectivity index (χ4v) is 2.58. The molecule has 0 bridgehead atoms. The number of aromatic nitrogens is 1. The molecular formula is C9H9BrN2S. The summed E-state index contributed by atoms with van der Waals surface area (Å²) < 4.78 is 6.64. The Balaban J connectivity index is 2.85. The average molecular weight is 257 g/mol. The smallest absolute Gasteiger partial charge is 0.0759 e. The number of nitrogens with two attached hydrogens (primary N) is 1. The number of aryl methyl sites for hydroxylation is 1. The van der Waals surface area contributed by atoms with Crippen molar-refractivity contribution in [1.29, 1.82) is 0 Å². The summed E-state index contributed by atoms with van der Waals surface area (Å²) in [5.41, 5.74) is 7.84. The zero-order chi connectivity index (χ0) is 9.42. The van der Waals surface area contributed by atoms with Crippen LogP contribution in [0.2, 0.25) is 0 Å². The third-order valence-electron chi connectivity index (χ3n) is 2.10. The van der Waals surface area contributed by atoms with Crippen LogP contribution in [0.1, 0.15) is 11.3 Å². The molecule has 0 aliphatic rings. The number of halogens is 1. The molecule has 0 aliphatic carbocycles. The predicted octanol–water partition coefficient (Wildman–Crippen LogP) is 2.83. The van der Waals surface area contributed by atoms with E-state index in [2.05, 4.69) is 39.4 Å². The van der Waals surface area contributed by atoms with Gasteiger partial charge in [0.2, 0.25) is 0 Å². The Hall–Kier alpha value is -0.450. The second kappa shape index (κ2) is 3.36. The van der Waals surface area contributed by atoms with Gasteiger partial charge in [-0.05, 0) is 36.2 Å². The van der Waals surface area contributed by atoms with E-state index in [0.29, 0.717) is 6.54 Å². The molecule has 2 nitrogen and oxygen atoms in total. The molecule has 0 spiro atoms. The van der Waals surface area contributed by atoms with Gasteiger partial charge in [-0.25, -0.2) is 0 Å². The summed E-state index contributed by atoms with van der Waals surface area (Å²) in [6.07, 6.45) is 0. The molecule has 0 atom stereocenters. The van der Waals surface area contributed by atoms with Crippen LogP contribution >= 0.6 is 27.5 Å². The van der Waals surface area contributed by atoms with E-state index >= 15 is 0 Å². The molecule has 1 aromatic heterocycles. The monoisotopic (exact) mass is 256 g/mol. The molecule has 1 heterocycles. The molecule has 0 fully saturated rings. The van der Waals surface area contributed by atoms with Crippen LogP contribution in [0.15, 0.2) is 16.6 Å². The first-order valence-electron chi connectivity index (χ1n) is 3.97. The van der Waals surface area contributed by atoms with Gasteiger partial charge in [-0.2, -0.15) is 4.37 Å². The summed E-state index contributed by atoms with van der Waals surface area (Å²) in [6.45, 7) is 2.59. The third-order valence-corrected chi connectivity index (χ3v) is 3.80. The first kappa shape index (κ1) is 9.12. The number of nitrogens with zero attached hydrogens (tertiary/aromatic N) is 1. The summed E-state index contributed by atoms with van der Waals surface area (Å²) in [5, 5.41) is 1.21. The summed E-state index contributed by atoms with van der Waals surface area (Å²) in [6, 6.07) is 4.12. The van der Waals surface area contributed by atoms with Gasteiger partial charge in [0.05, 0.1) is 10.4 Å². The number of benzene rings is 1. The topological polar surface area (TPSA) is 38.9 Å². The predicted molar refractivity (Wildman–Crippen MR) is 59.9 cm³/mol. The van der Waals surface area contributed by atoms with E-state index in [4.69, 9.17) is 5.73 Å². The van der Waals surface area contributed by atoms with Gasteiger partial charge in [0.25, 0.3) is 0 Å². The lowest BCUT2D eigenvalue weighted by molar-refractivity contribution is 1.04. The van der Waals surface area contributed by atoms with E-state index in [1.165, 1.54) is 27.2 Å². The lowest BCUT2D eigenvalue weighted by Crippen LogP contribution is -1.97. The minimum atomic E-state index is 0.511. The summed E-state index contributed by atoms with van der Waals surface area (Å²) in [4.78, 5) is 0. The highest BCUT2D eigenvalue weighted by molar-refractivity contribution is 9.10. The van der Waals surface area contributed by atoms with Crippen LogP contribution in [0.4, 0.5) is 0 Å². The van der Waals surface area contributed by atoms with E-state index in [1.807, 2.05) is 0 Å². The highest BCUT2D eigenvalue weighted by atomic mass is 79.9. The van der Waals surface area contributed by atoms with Crippen molar-refractivity contribution in [3.63, 3.8) is 0 Å². The van der Waals surface area contributed by atoms with Crippen molar-refractivity contribution in [2.45, 2.75) is 13.5 Å². The van der Waals surface area contributed by atoms with Gasteiger partial charge >= 0.3 is 0 Å². The van der Waals surface area contributed by atoms with Crippen LogP contribution in [0, 0.1) is 6.92 Å². The Kier molecular flexibility index (Phi) is 2.36. The number of fused-ring (bicyclic) bond motifs is 1.